The van der Waals surface area contributed by atoms with Crippen LogP contribution in [0.15, 0.2) is 24.3 Å². The van der Waals surface area contributed by atoms with Crippen LogP contribution in [0.25, 0.3) is 0 Å². The van der Waals surface area contributed by atoms with Crippen molar-refractivity contribution in [3.8, 4) is 0 Å². The fourth-order valence-electron chi connectivity index (χ4n) is 2.45. The molecule has 21 heavy (non-hydrogen) atoms. The molecular formula is C16H21NO3S. The maximum absolute atomic E-state index is 12.1. The van der Waals surface area contributed by atoms with Gasteiger partial charge in [-0.1, -0.05) is 25.5 Å². The van der Waals surface area contributed by atoms with Gasteiger partial charge in [-0.3, -0.25) is 9.59 Å². The summed E-state index contributed by atoms with van der Waals surface area (Å²) in [5, 5.41) is 11.8. The van der Waals surface area contributed by atoms with E-state index in [0.29, 0.717) is 0 Å². The molecule has 1 aliphatic heterocycles. The molecule has 114 valence electrons. The molecule has 1 heterocycles. The highest BCUT2D eigenvalue weighted by Crippen LogP contribution is 2.26. The van der Waals surface area contributed by atoms with Crippen LogP contribution in [0.5, 0.6) is 0 Å². The molecule has 2 N–H and O–H groups in total. The number of nitrogens with one attached hydrogen (secondary N) is 1. The zero-order valence-electron chi connectivity index (χ0n) is 12.2. The quantitative estimate of drug-likeness (QED) is 0.874. The van der Waals surface area contributed by atoms with Gasteiger partial charge in [-0.25, -0.2) is 0 Å². The van der Waals surface area contributed by atoms with Crippen molar-refractivity contribution in [2.45, 2.75) is 43.8 Å². The summed E-state index contributed by atoms with van der Waals surface area (Å²) in [6.45, 7) is 1.89. The van der Waals surface area contributed by atoms with Gasteiger partial charge in [0.15, 0.2) is 0 Å². The highest BCUT2D eigenvalue weighted by molar-refractivity contribution is 8.00. The minimum Gasteiger partial charge on any atom is -0.481 e. The largest absolute Gasteiger partial charge is 0.481 e. The van der Waals surface area contributed by atoms with Gasteiger partial charge in [-0.05, 0) is 42.2 Å². The van der Waals surface area contributed by atoms with Crippen molar-refractivity contribution in [2.24, 2.45) is 0 Å². The highest BCUT2D eigenvalue weighted by Gasteiger charge is 2.21. The molecule has 0 spiro atoms. The van der Waals surface area contributed by atoms with E-state index in [1.165, 1.54) is 6.42 Å². The van der Waals surface area contributed by atoms with Crippen molar-refractivity contribution < 1.29 is 14.7 Å². The lowest BCUT2D eigenvalue weighted by Crippen LogP contribution is -2.27. The van der Waals surface area contributed by atoms with E-state index in [1.54, 1.807) is 11.8 Å². The smallest absolute Gasteiger partial charge is 0.303 e. The molecule has 0 radical (unpaired) electrons. The molecule has 0 aliphatic carbocycles. The van der Waals surface area contributed by atoms with Crippen LogP contribution >= 0.6 is 11.8 Å². The van der Waals surface area contributed by atoms with E-state index in [9.17, 15) is 9.59 Å². The Hall–Kier alpha value is -1.49. The fraction of sp³-hybridized carbons (Fsp3) is 0.500. The minimum atomic E-state index is -0.797. The van der Waals surface area contributed by atoms with E-state index in [0.717, 1.165) is 29.8 Å². The van der Waals surface area contributed by atoms with Crippen LogP contribution in [0.2, 0.25) is 0 Å². The summed E-state index contributed by atoms with van der Waals surface area (Å²) in [4.78, 5) is 22.8. The molecule has 1 saturated heterocycles. The van der Waals surface area contributed by atoms with Gasteiger partial charge in [0.05, 0.1) is 11.7 Å². The Morgan fingerprint density at radius 2 is 2.05 bits per heavy atom. The Balaban J connectivity index is 1.92. The first-order valence-corrected chi connectivity index (χ1v) is 8.35. The summed E-state index contributed by atoms with van der Waals surface area (Å²) in [6, 6.07) is 7.46. The second-order valence-corrected chi connectivity index (χ2v) is 6.78. The first-order chi connectivity index (χ1) is 10.1. The van der Waals surface area contributed by atoms with Gasteiger partial charge < -0.3 is 10.4 Å². The lowest BCUT2D eigenvalue weighted by molar-refractivity contribution is -0.137. The Morgan fingerprint density at radius 3 is 2.62 bits per heavy atom. The predicted octanol–water partition coefficient (Wildman–Crippen LogP) is 3.49. The Kier molecular flexibility index (Phi) is 5.67. The third-order valence-electron chi connectivity index (χ3n) is 3.70. The van der Waals surface area contributed by atoms with Crippen LogP contribution in [-0.2, 0) is 9.59 Å². The van der Waals surface area contributed by atoms with Crippen LogP contribution in [-0.4, -0.2) is 28.0 Å². The van der Waals surface area contributed by atoms with Gasteiger partial charge in [0.1, 0.15) is 0 Å². The molecule has 4 nitrogen and oxygen atoms in total. The molecule has 2 rings (SSSR count). The van der Waals surface area contributed by atoms with Crippen LogP contribution < -0.4 is 5.32 Å². The van der Waals surface area contributed by atoms with Crippen molar-refractivity contribution in [1.82, 2.24) is 0 Å². The number of benzene rings is 1. The van der Waals surface area contributed by atoms with E-state index in [1.807, 2.05) is 31.2 Å². The van der Waals surface area contributed by atoms with Crippen molar-refractivity contribution >= 4 is 29.3 Å². The average Bonchev–Trinajstić information content (AvgIpc) is 2.48. The number of carboxylic acid groups (broad SMARTS) is 1. The molecule has 1 fully saturated rings. The zero-order chi connectivity index (χ0) is 15.2. The third-order valence-corrected chi connectivity index (χ3v) is 5.08. The first-order valence-electron chi connectivity index (χ1n) is 7.30. The maximum Gasteiger partial charge on any atom is 0.303 e. The second kappa shape index (κ2) is 7.50. The number of rotatable bonds is 5. The number of carbonyl (C=O) groups is 2. The van der Waals surface area contributed by atoms with Gasteiger partial charge in [-0.2, -0.15) is 0 Å². The van der Waals surface area contributed by atoms with Gasteiger partial charge in [0.25, 0.3) is 0 Å². The number of aliphatic carboxylic acids is 1. The number of thioether (sulfide) groups is 1. The Morgan fingerprint density at radius 1 is 1.33 bits per heavy atom. The lowest BCUT2D eigenvalue weighted by Gasteiger charge is -2.20. The number of carboxylic acids is 1. The summed E-state index contributed by atoms with van der Waals surface area (Å²) in [6.07, 6.45) is 3.38. The molecule has 0 bridgehead atoms. The van der Waals surface area contributed by atoms with E-state index in [2.05, 4.69) is 5.32 Å². The second-order valence-electron chi connectivity index (χ2n) is 5.47. The van der Waals surface area contributed by atoms with Gasteiger partial charge in [0, 0.05) is 5.69 Å². The standard InChI is InChI=1S/C16H21NO3S/c1-11(10-15(18)19)12-5-7-13(8-6-12)17-16(20)14-4-2-3-9-21-14/h5-8,11,14H,2-4,9-10H2,1H3,(H,17,20)(H,18,19). The molecule has 0 aromatic heterocycles. The third kappa shape index (κ3) is 4.77. The highest BCUT2D eigenvalue weighted by atomic mass is 32.2. The maximum atomic E-state index is 12.1. The van der Waals surface area contributed by atoms with Crippen molar-refractivity contribution in [2.75, 3.05) is 11.1 Å². The number of anilines is 1. The summed E-state index contributed by atoms with van der Waals surface area (Å²) >= 11 is 1.73. The molecule has 1 aliphatic rings. The van der Waals surface area contributed by atoms with Gasteiger partial charge in [0.2, 0.25) is 5.91 Å². The molecule has 5 heteroatoms. The van der Waals surface area contributed by atoms with Crippen LogP contribution in [0.4, 0.5) is 5.69 Å². The summed E-state index contributed by atoms with van der Waals surface area (Å²) < 4.78 is 0. The fourth-order valence-corrected chi connectivity index (χ4v) is 3.64. The Labute approximate surface area is 129 Å². The lowest BCUT2D eigenvalue weighted by atomic mass is 9.98. The monoisotopic (exact) mass is 307 g/mol. The van der Waals surface area contributed by atoms with Crippen LogP contribution in [0.1, 0.15) is 44.1 Å². The van der Waals surface area contributed by atoms with Crippen molar-refractivity contribution in [3.05, 3.63) is 29.8 Å². The molecule has 0 saturated carbocycles. The van der Waals surface area contributed by atoms with E-state index in [-0.39, 0.29) is 23.5 Å². The summed E-state index contributed by atoms with van der Waals surface area (Å²) in [5.74, 6) is 0.311. The molecule has 2 atom stereocenters. The molecular weight excluding hydrogens is 286 g/mol. The van der Waals surface area contributed by atoms with E-state index < -0.39 is 5.97 Å². The SMILES string of the molecule is CC(CC(=O)O)c1ccc(NC(=O)C2CCCCS2)cc1. The number of amides is 1. The van der Waals surface area contributed by atoms with E-state index >= 15 is 0 Å². The van der Waals surface area contributed by atoms with Crippen molar-refractivity contribution in [3.63, 3.8) is 0 Å². The summed E-state index contributed by atoms with van der Waals surface area (Å²) in [7, 11) is 0. The number of hydrogen-bond donors (Lipinski definition) is 2. The van der Waals surface area contributed by atoms with Crippen molar-refractivity contribution in [1.29, 1.82) is 0 Å². The normalized spacial score (nSPS) is 19.8. The number of carbonyl (C=O) groups excluding carboxylic acids is 1. The Bertz CT molecular complexity index is 495. The predicted molar refractivity (Wildman–Crippen MR) is 85.8 cm³/mol. The molecule has 1 amide bonds. The molecule has 1 aromatic rings. The summed E-state index contributed by atoms with van der Waals surface area (Å²) in [5.41, 5.74) is 1.75. The topological polar surface area (TPSA) is 66.4 Å². The van der Waals surface area contributed by atoms with E-state index in [4.69, 9.17) is 5.11 Å². The average molecular weight is 307 g/mol. The molecule has 1 aromatic carbocycles. The van der Waals surface area contributed by atoms with Crippen LogP contribution in [0, 0.1) is 0 Å². The first kappa shape index (κ1) is 15.9. The van der Waals surface area contributed by atoms with Gasteiger partial charge >= 0.3 is 5.97 Å². The molecule has 2 unspecified atom stereocenters. The zero-order valence-corrected chi connectivity index (χ0v) is 13.0. The van der Waals surface area contributed by atoms with Gasteiger partial charge in [-0.15, -0.1) is 11.8 Å². The van der Waals surface area contributed by atoms with Crippen LogP contribution in [0.3, 0.4) is 0 Å². The number of hydrogen-bond acceptors (Lipinski definition) is 3. The minimum absolute atomic E-state index is 0.0267.